The third kappa shape index (κ3) is 2.85. The van der Waals surface area contributed by atoms with E-state index >= 15 is 0 Å². The van der Waals surface area contributed by atoms with E-state index in [0.717, 1.165) is 5.13 Å². The summed E-state index contributed by atoms with van der Waals surface area (Å²) < 4.78 is 0. The normalized spacial score (nSPS) is 10.0. The van der Waals surface area contributed by atoms with Crippen LogP contribution in [0, 0.1) is 0 Å². The first kappa shape index (κ1) is 11.3. The topological polar surface area (TPSA) is 36.4 Å². The molecule has 0 aromatic carbocycles. The second kappa shape index (κ2) is 4.61. The SMILES string of the molecule is CN(C)C(=O)CN(C)c1nc(Cl)cs1. The second-order valence-corrected chi connectivity index (χ2v) is 4.32. The number of carbonyl (C=O) groups excluding carboxylic acids is 1. The molecule has 1 amide bonds. The van der Waals surface area contributed by atoms with Crippen molar-refractivity contribution in [3.05, 3.63) is 10.5 Å². The molecule has 78 valence electrons. The minimum Gasteiger partial charge on any atom is -0.347 e. The first-order valence-electron chi connectivity index (χ1n) is 4.03. The van der Waals surface area contributed by atoms with Gasteiger partial charge in [-0.25, -0.2) is 4.98 Å². The number of nitrogens with zero attached hydrogens (tertiary/aromatic N) is 3. The lowest BCUT2D eigenvalue weighted by molar-refractivity contribution is -0.127. The fourth-order valence-corrected chi connectivity index (χ4v) is 1.75. The molecule has 1 heterocycles. The van der Waals surface area contributed by atoms with Gasteiger partial charge in [-0.15, -0.1) is 11.3 Å². The number of amides is 1. The van der Waals surface area contributed by atoms with Crippen LogP contribution >= 0.6 is 22.9 Å². The van der Waals surface area contributed by atoms with Crippen LogP contribution in [-0.4, -0.2) is 43.5 Å². The molecule has 0 spiro atoms. The summed E-state index contributed by atoms with van der Waals surface area (Å²) in [5.74, 6) is 0.0406. The molecule has 0 radical (unpaired) electrons. The number of hydrogen-bond donors (Lipinski definition) is 0. The number of rotatable bonds is 3. The Morgan fingerprint density at radius 3 is 2.64 bits per heavy atom. The van der Waals surface area contributed by atoms with E-state index < -0.39 is 0 Å². The molecule has 0 fully saturated rings. The summed E-state index contributed by atoms with van der Waals surface area (Å²) in [6, 6.07) is 0. The summed E-state index contributed by atoms with van der Waals surface area (Å²) >= 11 is 7.10. The van der Waals surface area contributed by atoms with E-state index in [1.165, 1.54) is 11.3 Å². The summed E-state index contributed by atoms with van der Waals surface area (Å²) in [6.07, 6.45) is 0. The zero-order valence-corrected chi connectivity index (χ0v) is 9.89. The number of aromatic nitrogens is 1. The molecule has 1 rings (SSSR count). The molecule has 0 aliphatic rings. The molecule has 0 aliphatic carbocycles. The smallest absolute Gasteiger partial charge is 0.241 e. The van der Waals surface area contributed by atoms with Gasteiger partial charge in [-0.2, -0.15) is 0 Å². The van der Waals surface area contributed by atoms with Crippen molar-refractivity contribution in [2.75, 3.05) is 32.6 Å². The molecule has 0 unspecified atom stereocenters. The second-order valence-electron chi connectivity index (χ2n) is 3.10. The van der Waals surface area contributed by atoms with E-state index in [2.05, 4.69) is 4.98 Å². The number of carbonyl (C=O) groups is 1. The van der Waals surface area contributed by atoms with Crippen LogP contribution in [0.3, 0.4) is 0 Å². The van der Waals surface area contributed by atoms with E-state index in [4.69, 9.17) is 11.6 Å². The van der Waals surface area contributed by atoms with Crippen molar-refractivity contribution in [3.8, 4) is 0 Å². The lowest BCUT2D eigenvalue weighted by Gasteiger charge is -2.17. The third-order valence-electron chi connectivity index (χ3n) is 1.66. The summed E-state index contributed by atoms with van der Waals surface area (Å²) in [5.41, 5.74) is 0. The molecule has 4 nitrogen and oxygen atoms in total. The largest absolute Gasteiger partial charge is 0.347 e. The molecular formula is C8H12ClN3OS. The van der Waals surface area contributed by atoms with Gasteiger partial charge in [0.2, 0.25) is 5.91 Å². The average Bonchev–Trinajstić information content (AvgIpc) is 2.51. The van der Waals surface area contributed by atoms with Crippen LogP contribution in [0.15, 0.2) is 5.38 Å². The Labute approximate surface area is 92.1 Å². The maximum Gasteiger partial charge on any atom is 0.241 e. The average molecular weight is 234 g/mol. The Balaban J connectivity index is 2.59. The monoisotopic (exact) mass is 233 g/mol. The predicted octanol–water partition coefficient (Wildman–Crippen LogP) is 1.32. The van der Waals surface area contributed by atoms with Gasteiger partial charge in [0.1, 0.15) is 5.15 Å². The summed E-state index contributed by atoms with van der Waals surface area (Å²) in [6.45, 7) is 0.316. The Bertz CT molecular complexity index is 326. The van der Waals surface area contributed by atoms with E-state index in [-0.39, 0.29) is 5.91 Å². The standard InChI is InChI=1S/C8H12ClN3OS/c1-11(2)7(13)4-12(3)8-10-6(9)5-14-8/h5H,4H2,1-3H3. The van der Waals surface area contributed by atoms with Crippen molar-refractivity contribution < 1.29 is 4.79 Å². The molecule has 0 atom stereocenters. The maximum absolute atomic E-state index is 11.4. The molecule has 0 aliphatic heterocycles. The van der Waals surface area contributed by atoms with Gasteiger partial charge in [0.25, 0.3) is 0 Å². The number of likely N-dealkylation sites (N-methyl/N-ethyl adjacent to an activating group) is 2. The van der Waals surface area contributed by atoms with Crippen molar-refractivity contribution in [1.29, 1.82) is 0 Å². The third-order valence-corrected chi connectivity index (χ3v) is 2.94. The minimum absolute atomic E-state index is 0.0406. The fraction of sp³-hybridized carbons (Fsp3) is 0.500. The lowest BCUT2D eigenvalue weighted by Crippen LogP contribution is -2.34. The number of thiazole rings is 1. The van der Waals surface area contributed by atoms with Gasteiger partial charge in [0, 0.05) is 26.5 Å². The molecule has 0 bridgehead atoms. The van der Waals surface area contributed by atoms with Crippen molar-refractivity contribution in [2.24, 2.45) is 0 Å². The summed E-state index contributed by atoms with van der Waals surface area (Å²) in [5, 5.41) is 2.97. The minimum atomic E-state index is 0.0406. The van der Waals surface area contributed by atoms with E-state index in [1.807, 2.05) is 7.05 Å². The van der Waals surface area contributed by atoms with Gasteiger partial charge in [-0.1, -0.05) is 11.6 Å². The highest BCUT2D eigenvalue weighted by Gasteiger charge is 2.11. The highest BCUT2D eigenvalue weighted by molar-refractivity contribution is 7.14. The zero-order chi connectivity index (χ0) is 10.7. The highest BCUT2D eigenvalue weighted by Crippen LogP contribution is 2.21. The first-order chi connectivity index (χ1) is 6.50. The molecule has 1 aromatic heterocycles. The van der Waals surface area contributed by atoms with Crippen LogP contribution in [0.5, 0.6) is 0 Å². The first-order valence-corrected chi connectivity index (χ1v) is 5.29. The molecule has 1 aromatic rings. The van der Waals surface area contributed by atoms with Gasteiger partial charge < -0.3 is 9.80 Å². The van der Waals surface area contributed by atoms with Crippen LogP contribution in [-0.2, 0) is 4.79 Å². The number of halogens is 1. The van der Waals surface area contributed by atoms with Gasteiger partial charge in [-0.05, 0) is 0 Å². The van der Waals surface area contributed by atoms with Crippen molar-refractivity contribution >= 4 is 34.0 Å². The molecule has 0 saturated heterocycles. The van der Waals surface area contributed by atoms with E-state index in [1.54, 1.807) is 29.3 Å². The van der Waals surface area contributed by atoms with Crippen LogP contribution in [0.2, 0.25) is 5.15 Å². The highest BCUT2D eigenvalue weighted by atomic mass is 35.5. The molecular weight excluding hydrogens is 222 g/mol. The summed E-state index contributed by atoms with van der Waals surface area (Å²) in [4.78, 5) is 18.7. The Kier molecular flexibility index (Phi) is 3.71. The molecule has 0 saturated carbocycles. The van der Waals surface area contributed by atoms with Crippen molar-refractivity contribution in [1.82, 2.24) is 9.88 Å². The van der Waals surface area contributed by atoms with Gasteiger partial charge in [0.15, 0.2) is 5.13 Å². The predicted molar refractivity (Wildman–Crippen MR) is 59.1 cm³/mol. The molecule has 6 heteroatoms. The lowest BCUT2D eigenvalue weighted by atomic mass is 10.5. The fourth-order valence-electron chi connectivity index (χ4n) is 0.833. The number of hydrogen-bond acceptors (Lipinski definition) is 4. The quantitative estimate of drug-likeness (QED) is 0.790. The molecule has 14 heavy (non-hydrogen) atoms. The maximum atomic E-state index is 11.4. The van der Waals surface area contributed by atoms with Gasteiger partial charge >= 0.3 is 0 Å². The van der Waals surface area contributed by atoms with Crippen LogP contribution in [0.25, 0.3) is 0 Å². The Morgan fingerprint density at radius 2 is 2.21 bits per heavy atom. The van der Waals surface area contributed by atoms with Crippen LogP contribution < -0.4 is 4.90 Å². The number of anilines is 1. The van der Waals surface area contributed by atoms with Crippen LogP contribution in [0.1, 0.15) is 0 Å². The Hall–Kier alpha value is -0.810. The zero-order valence-electron chi connectivity index (χ0n) is 8.32. The summed E-state index contributed by atoms with van der Waals surface area (Å²) in [7, 11) is 5.27. The van der Waals surface area contributed by atoms with Gasteiger partial charge in [0.05, 0.1) is 6.54 Å². The van der Waals surface area contributed by atoms with E-state index in [0.29, 0.717) is 11.7 Å². The Morgan fingerprint density at radius 1 is 1.57 bits per heavy atom. The van der Waals surface area contributed by atoms with Crippen molar-refractivity contribution in [3.63, 3.8) is 0 Å². The van der Waals surface area contributed by atoms with Crippen LogP contribution in [0.4, 0.5) is 5.13 Å². The van der Waals surface area contributed by atoms with Gasteiger partial charge in [-0.3, -0.25) is 4.79 Å². The van der Waals surface area contributed by atoms with E-state index in [9.17, 15) is 4.79 Å². The van der Waals surface area contributed by atoms with Crippen molar-refractivity contribution in [2.45, 2.75) is 0 Å². The molecule has 0 N–H and O–H groups in total.